The van der Waals surface area contributed by atoms with Crippen molar-refractivity contribution in [3.05, 3.63) is 48.3 Å². The maximum Gasteiger partial charge on any atom is 0.269 e. The molecule has 1 aliphatic heterocycles. The highest BCUT2D eigenvalue weighted by Crippen LogP contribution is 2.26. The Kier molecular flexibility index (Phi) is 6.22. The van der Waals surface area contributed by atoms with Crippen LogP contribution in [0.1, 0.15) is 10.5 Å². The first-order chi connectivity index (χ1) is 13.4. The number of ether oxygens (including phenoxy) is 2. The fourth-order valence-electron chi connectivity index (χ4n) is 2.85. The number of hydrogen-bond acceptors (Lipinski definition) is 8. The molecule has 150 valence electrons. The molecule has 0 bridgehead atoms. The van der Waals surface area contributed by atoms with Gasteiger partial charge in [-0.2, -0.15) is 0 Å². The van der Waals surface area contributed by atoms with Crippen molar-refractivity contribution in [1.29, 1.82) is 0 Å². The Labute approximate surface area is 161 Å². The van der Waals surface area contributed by atoms with Gasteiger partial charge in [-0.25, -0.2) is 0 Å². The molecule has 9 heteroatoms. The summed E-state index contributed by atoms with van der Waals surface area (Å²) in [5, 5.41) is 41.3. The zero-order valence-corrected chi connectivity index (χ0v) is 15.1. The number of carbonyl (C=O) groups is 1. The summed E-state index contributed by atoms with van der Waals surface area (Å²) in [4.78, 5) is 15.7. The summed E-state index contributed by atoms with van der Waals surface area (Å²) in [5.74, 6) is 0.0952. The van der Waals surface area contributed by atoms with Gasteiger partial charge in [-0.3, -0.25) is 9.78 Å². The minimum absolute atomic E-state index is 0.269. The van der Waals surface area contributed by atoms with E-state index in [9.17, 15) is 25.2 Å². The fraction of sp³-hybridized carbons (Fsp3) is 0.368. The second kappa shape index (κ2) is 8.63. The summed E-state index contributed by atoms with van der Waals surface area (Å²) in [7, 11) is 1.53. The van der Waals surface area contributed by atoms with E-state index in [2.05, 4.69) is 10.3 Å². The normalized spacial score (nSPS) is 27.2. The summed E-state index contributed by atoms with van der Waals surface area (Å²) < 4.78 is 10.9. The molecule has 5 atom stereocenters. The van der Waals surface area contributed by atoms with Crippen molar-refractivity contribution in [3.8, 4) is 16.9 Å². The van der Waals surface area contributed by atoms with E-state index in [4.69, 9.17) is 9.47 Å². The van der Waals surface area contributed by atoms with Gasteiger partial charge in [0.05, 0.1) is 6.61 Å². The number of benzene rings is 1. The number of aliphatic hydroxyl groups is 4. The van der Waals surface area contributed by atoms with Crippen LogP contribution in [0.2, 0.25) is 0 Å². The van der Waals surface area contributed by atoms with Crippen LogP contribution < -0.4 is 10.1 Å². The molecular formula is C19H22N2O7. The van der Waals surface area contributed by atoms with Gasteiger partial charge < -0.3 is 35.2 Å². The Morgan fingerprint density at radius 3 is 2.32 bits per heavy atom. The number of nitrogens with zero attached hydrogens (tertiary/aromatic N) is 1. The van der Waals surface area contributed by atoms with Crippen molar-refractivity contribution >= 4 is 5.91 Å². The summed E-state index contributed by atoms with van der Waals surface area (Å²) in [5.41, 5.74) is 1.94. The molecule has 0 aliphatic carbocycles. The average Bonchev–Trinajstić information content (AvgIpc) is 2.74. The number of hydrogen-bond donors (Lipinski definition) is 5. The van der Waals surface area contributed by atoms with E-state index in [-0.39, 0.29) is 5.91 Å². The van der Waals surface area contributed by atoms with Crippen molar-refractivity contribution in [1.82, 2.24) is 10.3 Å². The largest absolute Gasteiger partial charge is 0.462 e. The smallest absolute Gasteiger partial charge is 0.269 e. The van der Waals surface area contributed by atoms with Crippen LogP contribution in [-0.4, -0.2) is 75.7 Å². The molecule has 3 rings (SSSR count). The van der Waals surface area contributed by atoms with E-state index in [0.717, 1.165) is 11.1 Å². The minimum Gasteiger partial charge on any atom is -0.462 e. The monoisotopic (exact) mass is 390 g/mol. The zero-order valence-electron chi connectivity index (χ0n) is 15.1. The number of nitrogens with one attached hydrogen (secondary N) is 1. The van der Waals surface area contributed by atoms with Crippen molar-refractivity contribution in [2.45, 2.75) is 30.7 Å². The molecule has 0 unspecified atom stereocenters. The van der Waals surface area contributed by atoms with Crippen LogP contribution in [0.25, 0.3) is 11.1 Å². The van der Waals surface area contributed by atoms with Crippen molar-refractivity contribution in [2.75, 3.05) is 13.7 Å². The first kappa shape index (κ1) is 20.2. The van der Waals surface area contributed by atoms with E-state index in [1.54, 1.807) is 42.6 Å². The van der Waals surface area contributed by atoms with Gasteiger partial charge in [0.25, 0.3) is 5.91 Å². The van der Waals surface area contributed by atoms with Gasteiger partial charge >= 0.3 is 0 Å². The lowest BCUT2D eigenvalue weighted by atomic mass is 9.99. The predicted molar refractivity (Wildman–Crippen MR) is 97.5 cm³/mol. The molecule has 1 amide bonds. The van der Waals surface area contributed by atoms with Crippen LogP contribution >= 0.6 is 0 Å². The number of rotatable bonds is 5. The second-order valence-electron chi connectivity index (χ2n) is 6.35. The van der Waals surface area contributed by atoms with Crippen LogP contribution in [0.15, 0.2) is 42.6 Å². The van der Waals surface area contributed by atoms with Gasteiger partial charge in [-0.1, -0.05) is 18.2 Å². The van der Waals surface area contributed by atoms with E-state index in [0.29, 0.717) is 11.4 Å². The maximum atomic E-state index is 11.5. The highest BCUT2D eigenvalue weighted by atomic mass is 16.7. The average molecular weight is 390 g/mol. The van der Waals surface area contributed by atoms with Crippen molar-refractivity contribution in [2.24, 2.45) is 0 Å². The molecule has 1 aromatic carbocycles. The molecule has 1 fully saturated rings. The first-order valence-corrected chi connectivity index (χ1v) is 8.70. The third-order valence-corrected chi connectivity index (χ3v) is 4.51. The molecule has 1 aliphatic rings. The van der Waals surface area contributed by atoms with E-state index < -0.39 is 37.3 Å². The SMILES string of the molecule is CNC(=O)c1ccc(-c2ccc(O[C@H]3O[C@H](CO)[C@@H](O)[C@H](O)[C@@H]3O)cc2)cn1. The van der Waals surface area contributed by atoms with Crippen LogP contribution in [0, 0.1) is 0 Å². The third-order valence-electron chi connectivity index (χ3n) is 4.51. The number of aromatic nitrogens is 1. The highest BCUT2D eigenvalue weighted by Gasteiger charge is 2.44. The summed E-state index contributed by atoms with van der Waals surface area (Å²) >= 11 is 0. The van der Waals surface area contributed by atoms with Gasteiger partial charge in [-0.05, 0) is 23.8 Å². The van der Waals surface area contributed by atoms with Crippen LogP contribution in [0.3, 0.4) is 0 Å². The molecule has 5 N–H and O–H groups in total. The lowest BCUT2D eigenvalue weighted by Crippen LogP contribution is -2.60. The molecule has 28 heavy (non-hydrogen) atoms. The summed E-state index contributed by atoms with van der Waals surface area (Å²) in [6, 6.07) is 10.2. The summed E-state index contributed by atoms with van der Waals surface area (Å²) in [6.07, 6.45) is -5.10. The Hall–Kier alpha value is -2.56. The maximum absolute atomic E-state index is 11.5. The van der Waals surface area contributed by atoms with E-state index in [1.165, 1.54) is 7.05 Å². The van der Waals surface area contributed by atoms with Gasteiger partial charge in [-0.15, -0.1) is 0 Å². The Morgan fingerprint density at radius 1 is 1.07 bits per heavy atom. The number of aliphatic hydroxyl groups excluding tert-OH is 4. The molecule has 0 radical (unpaired) electrons. The van der Waals surface area contributed by atoms with Gasteiger partial charge in [0.1, 0.15) is 35.9 Å². The van der Waals surface area contributed by atoms with Gasteiger partial charge in [0.2, 0.25) is 6.29 Å². The van der Waals surface area contributed by atoms with Gasteiger partial charge in [0.15, 0.2) is 0 Å². The van der Waals surface area contributed by atoms with Crippen LogP contribution in [0.5, 0.6) is 5.75 Å². The summed E-state index contributed by atoms with van der Waals surface area (Å²) in [6.45, 7) is -0.525. The van der Waals surface area contributed by atoms with Crippen LogP contribution in [0.4, 0.5) is 0 Å². The number of amides is 1. The topological polar surface area (TPSA) is 141 Å². The van der Waals surface area contributed by atoms with Crippen molar-refractivity contribution in [3.63, 3.8) is 0 Å². The Morgan fingerprint density at radius 2 is 1.75 bits per heavy atom. The molecule has 2 heterocycles. The zero-order chi connectivity index (χ0) is 20.3. The van der Waals surface area contributed by atoms with E-state index >= 15 is 0 Å². The molecular weight excluding hydrogens is 368 g/mol. The third kappa shape index (κ3) is 4.13. The number of carbonyl (C=O) groups excluding carboxylic acids is 1. The van der Waals surface area contributed by atoms with Crippen LogP contribution in [-0.2, 0) is 4.74 Å². The van der Waals surface area contributed by atoms with Crippen molar-refractivity contribution < 1.29 is 34.7 Å². The lowest BCUT2D eigenvalue weighted by molar-refractivity contribution is -0.277. The highest BCUT2D eigenvalue weighted by molar-refractivity contribution is 5.92. The Balaban J connectivity index is 1.70. The van der Waals surface area contributed by atoms with E-state index in [1.807, 2.05) is 0 Å². The molecule has 2 aromatic rings. The molecule has 1 saturated heterocycles. The fourth-order valence-corrected chi connectivity index (χ4v) is 2.85. The minimum atomic E-state index is -1.50. The molecule has 1 aromatic heterocycles. The standard InChI is InChI=1S/C19H22N2O7/c1-20-18(26)13-7-4-11(8-21-13)10-2-5-12(6-3-10)27-19-17(25)16(24)15(23)14(9-22)28-19/h2-8,14-17,19,22-25H,9H2,1H3,(H,20,26)/t14-,15-,16+,17+,19+/m1/s1. The quantitative estimate of drug-likeness (QED) is 0.451. The predicted octanol–water partition coefficient (Wildman–Crippen LogP) is -0.713. The molecule has 0 spiro atoms. The first-order valence-electron chi connectivity index (χ1n) is 8.70. The molecule has 0 saturated carbocycles. The van der Waals surface area contributed by atoms with Gasteiger partial charge in [0, 0.05) is 18.8 Å². The molecule has 9 nitrogen and oxygen atoms in total. The Bertz CT molecular complexity index is 795. The lowest BCUT2D eigenvalue weighted by Gasteiger charge is -2.39. The second-order valence-corrected chi connectivity index (χ2v) is 6.35. The number of pyridine rings is 1.